The average molecular weight is 370 g/mol. The molecule has 2 aliphatic heterocycles. The van der Waals surface area contributed by atoms with Gasteiger partial charge in [-0.1, -0.05) is 18.2 Å². The van der Waals surface area contributed by atoms with Gasteiger partial charge in [-0.25, -0.2) is 4.98 Å². The monoisotopic (exact) mass is 370 g/mol. The van der Waals surface area contributed by atoms with Gasteiger partial charge in [-0.2, -0.15) is 0 Å². The van der Waals surface area contributed by atoms with Crippen LogP contribution in [-0.2, 0) is 4.79 Å². The van der Waals surface area contributed by atoms with Gasteiger partial charge in [-0.15, -0.1) is 11.3 Å². The molecule has 2 fully saturated rings. The maximum Gasteiger partial charge on any atom is 0.253 e. The lowest BCUT2D eigenvalue weighted by atomic mass is 10.1. The number of carbonyl (C=O) groups excluding carboxylic acids is 2. The highest BCUT2D eigenvalue weighted by molar-refractivity contribution is 7.13. The molecule has 0 bridgehead atoms. The second kappa shape index (κ2) is 7.45. The summed E-state index contributed by atoms with van der Waals surface area (Å²) in [6.45, 7) is 3.25. The molecule has 26 heavy (non-hydrogen) atoms. The van der Waals surface area contributed by atoms with Crippen LogP contribution in [-0.4, -0.2) is 65.4 Å². The van der Waals surface area contributed by atoms with Crippen molar-refractivity contribution in [1.29, 1.82) is 0 Å². The topological polar surface area (TPSA) is 56.8 Å². The first-order chi connectivity index (χ1) is 12.7. The number of hydrogen-bond acceptors (Lipinski definition) is 5. The summed E-state index contributed by atoms with van der Waals surface area (Å²) in [6.07, 6.45) is 3.68. The van der Waals surface area contributed by atoms with Gasteiger partial charge in [0.1, 0.15) is 6.04 Å². The Morgan fingerprint density at radius 3 is 2.42 bits per heavy atom. The first kappa shape index (κ1) is 17.0. The third-order valence-electron chi connectivity index (χ3n) is 5.10. The van der Waals surface area contributed by atoms with Crippen molar-refractivity contribution >= 4 is 28.3 Å². The van der Waals surface area contributed by atoms with E-state index >= 15 is 0 Å². The summed E-state index contributed by atoms with van der Waals surface area (Å²) >= 11 is 1.58. The molecular weight excluding hydrogens is 348 g/mol. The molecule has 0 radical (unpaired) electrons. The van der Waals surface area contributed by atoms with E-state index in [1.807, 2.05) is 45.5 Å². The summed E-state index contributed by atoms with van der Waals surface area (Å²) in [5.74, 6) is 0.215. The molecule has 2 aromatic rings. The molecule has 136 valence electrons. The molecule has 1 aromatic carbocycles. The minimum Gasteiger partial charge on any atom is -0.337 e. The molecule has 0 spiro atoms. The van der Waals surface area contributed by atoms with E-state index in [1.54, 1.807) is 17.5 Å². The van der Waals surface area contributed by atoms with Gasteiger partial charge in [0.2, 0.25) is 5.91 Å². The number of piperazine rings is 1. The molecule has 2 saturated heterocycles. The number of aromatic nitrogens is 1. The lowest BCUT2D eigenvalue weighted by molar-refractivity contribution is -0.133. The van der Waals surface area contributed by atoms with Gasteiger partial charge in [-0.3, -0.25) is 9.59 Å². The van der Waals surface area contributed by atoms with Crippen LogP contribution in [0.1, 0.15) is 23.2 Å². The zero-order valence-corrected chi connectivity index (χ0v) is 15.4. The molecule has 0 aliphatic carbocycles. The van der Waals surface area contributed by atoms with Crippen LogP contribution < -0.4 is 4.90 Å². The van der Waals surface area contributed by atoms with Gasteiger partial charge < -0.3 is 14.7 Å². The lowest BCUT2D eigenvalue weighted by Crippen LogP contribution is -2.54. The van der Waals surface area contributed by atoms with E-state index in [0.29, 0.717) is 31.7 Å². The van der Waals surface area contributed by atoms with E-state index in [1.165, 1.54) is 0 Å². The third-order valence-corrected chi connectivity index (χ3v) is 5.91. The predicted octanol–water partition coefficient (Wildman–Crippen LogP) is 2.10. The fourth-order valence-electron chi connectivity index (χ4n) is 3.71. The van der Waals surface area contributed by atoms with Crippen molar-refractivity contribution in [3.63, 3.8) is 0 Å². The van der Waals surface area contributed by atoms with Gasteiger partial charge >= 0.3 is 0 Å². The standard InChI is InChI=1S/C19H22N4O2S/c24-17(15-5-2-1-3-6-15)21-10-12-22(13-11-21)18(25)16-7-4-9-23(16)19-20-8-14-26-19/h1-3,5-6,8,14,16H,4,7,9-13H2. The van der Waals surface area contributed by atoms with Crippen LogP contribution in [0.4, 0.5) is 5.13 Å². The molecule has 1 atom stereocenters. The Morgan fingerprint density at radius 2 is 1.73 bits per heavy atom. The second-order valence-corrected chi connectivity index (χ2v) is 7.52. The number of anilines is 1. The van der Waals surface area contributed by atoms with E-state index in [-0.39, 0.29) is 17.9 Å². The molecule has 7 heteroatoms. The molecule has 2 amide bonds. The summed E-state index contributed by atoms with van der Waals surface area (Å²) in [5.41, 5.74) is 0.706. The van der Waals surface area contributed by atoms with Gasteiger partial charge in [0.15, 0.2) is 5.13 Å². The maximum atomic E-state index is 13.0. The number of carbonyl (C=O) groups is 2. The van der Waals surface area contributed by atoms with Crippen LogP contribution >= 0.6 is 11.3 Å². The van der Waals surface area contributed by atoms with Crippen LogP contribution in [0.5, 0.6) is 0 Å². The molecule has 1 unspecified atom stereocenters. The third kappa shape index (κ3) is 3.31. The van der Waals surface area contributed by atoms with Crippen molar-refractivity contribution in [3.05, 3.63) is 47.5 Å². The van der Waals surface area contributed by atoms with Crippen LogP contribution in [0.15, 0.2) is 41.9 Å². The first-order valence-electron chi connectivity index (χ1n) is 9.03. The minimum absolute atomic E-state index is 0.0444. The van der Waals surface area contributed by atoms with E-state index in [4.69, 9.17) is 0 Å². The Morgan fingerprint density at radius 1 is 1.00 bits per heavy atom. The van der Waals surface area contributed by atoms with Crippen LogP contribution in [0.25, 0.3) is 0 Å². The second-order valence-electron chi connectivity index (χ2n) is 6.65. The Bertz CT molecular complexity index is 757. The number of nitrogens with zero attached hydrogens (tertiary/aromatic N) is 4. The van der Waals surface area contributed by atoms with Crippen LogP contribution in [0.3, 0.4) is 0 Å². The van der Waals surface area contributed by atoms with Crippen molar-refractivity contribution in [2.45, 2.75) is 18.9 Å². The quantitative estimate of drug-likeness (QED) is 0.830. The molecule has 6 nitrogen and oxygen atoms in total. The number of benzene rings is 1. The fraction of sp³-hybridized carbons (Fsp3) is 0.421. The minimum atomic E-state index is -0.113. The Balaban J connectivity index is 1.37. The SMILES string of the molecule is O=C(c1ccccc1)N1CCN(C(=O)C2CCCN2c2nccs2)CC1. The van der Waals surface area contributed by atoms with Crippen molar-refractivity contribution in [3.8, 4) is 0 Å². The molecule has 1 aromatic heterocycles. The smallest absolute Gasteiger partial charge is 0.253 e. The summed E-state index contributed by atoms with van der Waals surface area (Å²) in [6, 6.07) is 9.22. The van der Waals surface area contributed by atoms with E-state index in [0.717, 1.165) is 24.5 Å². The Hall–Kier alpha value is -2.41. The maximum absolute atomic E-state index is 13.0. The Labute approximate surface area is 157 Å². The van der Waals surface area contributed by atoms with Crippen LogP contribution in [0, 0.1) is 0 Å². The average Bonchev–Trinajstić information content (AvgIpc) is 3.39. The largest absolute Gasteiger partial charge is 0.337 e. The van der Waals surface area contributed by atoms with Crippen LogP contribution in [0.2, 0.25) is 0 Å². The number of hydrogen-bond donors (Lipinski definition) is 0. The normalized spacial score (nSPS) is 20.5. The fourth-order valence-corrected chi connectivity index (χ4v) is 4.43. The van der Waals surface area contributed by atoms with Gasteiger partial charge in [-0.05, 0) is 25.0 Å². The highest BCUT2D eigenvalue weighted by atomic mass is 32.1. The lowest BCUT2D eigenvalue weighted by Gasteiger charge is -2.37. The summed E-state index contributed by atoms with van der Waals surface area (Å²) in [5, 5.41) is 2.88. The number of rotatable bonds is 3. The summed E-state index contributed by atoms with van der Waals surface area (Å²) < 4.78 is 0. The molecule has 3 heterocycles. The highest BCUT2D eigenvalue weighted by Crippen LogP contribution is 2.28. The molecule has 2 aliphatic rings. The van der Waals surface area contributed by atoms with Gasteiger partial charge in [0.25, 0.3) is 5.91 Å². The van der Waals surface area contributed by atoms with Crippen molar-refractivity contribution < 1.29 is 9.59 Å². The molecule has 0 saturated carbocycles. The van der Waals surface area contributed by atoms with Gasteiger partial charge in [0, 0.05) is 49.9 Å². The Kier molecular flexibility index (Phi) is 4.88. The zero-order valence-electron chi connectivity index (χ0n) is 14.6. The number of amides is 2. The molecule has 4 rings (SSSR count). The van der Waals surface area contributed by atoms with Crippen molar-refractivity contribution in [2.75, 3.05) is 37.6 Å². The van der Waals surface area contributed by atoms with Crippen molar-refractivity contribution in [2.24, 2.45) is 0 Å². The zero-order chi connectivity index (χ0) is 17.9. The molecule has 0 N–H and O–H groups in total. The molecular formula is C19H22N4O2S. The van der Waals surface area contributed by atoms with E-state index < -0.39 is 0 Å². The van der Waals surface area contributed by atoms with Crippen molar-refractivity contribution in [1.82, 2.24) is 14.8 Å². The number of thiazole rings is 1. The van der Waals surface area contributed by atoms with E-state index in [9.17, 15) is 9.59 Å². The van der Waals surface area contributed by atoms with E-state index in [2.05, 4.69) is 9.88 Å². The predicted molar refractivity (Wildman–Crippen MR) is 101 cm³/mol. The summed E-state index contributed by atoms with van der Waals surface area (Å²) in [4.78, 5) is 35.8. The van der Waals surface area contributed by atoms with Gasteiger partial charge in [0.05, 0.1) is 0 Å². The highest BCUT2D eigenvalue weighted by Gasteiger charge is 2.36. The summed E-state index contributed by atoms with van der Waals surface area (Å²) in [7, 11) is 0. The first-order valence-corrected chi connectivity index (χ1v) is 9.91.